The van der Waals surface area contributed by atoms with Crippen LogP contribution < -0.4 is 11.1 Å². The standard InChI is InChI=1S/C12H10Cl2N6/c1-20-12-7(4-18-20)11(16-5-17-12)19-6-2-8(13)10(15)9(14)3-6/h2-5H,15H2,1H3,(H,16,17,19). The normalized spacial score (nSPS) is 10.9. The fourth-order valence-electron chi connectivity index (χ4n) is 1.85. The van der Waals surface area contributed by atoms with Crippen LogP contribution in [0.3, 0.4) is 0 Å². The van der Waals surface area contributed by atoms with E-state index in [1.54, 1.807) is 23.0 Å². The van der Waals surface area contributed by atoms with Gasteiger partial charge in [-0.25, -0.2) is 9.97 Å². The van der Waals surface area contributed by atoms with Crippen molar-refractivity contribution in [1.82, 2.24) is 19.7 Å². The summed E-state index contributed by atoms with van der Waals surface area (Å²) < 4.78 is 1.67. The summed E-state index contributed by atoms with van der Waals surface area (Å²) in [5, 5.41) is 8.87. The van der Waals surface area contributed by atoms with Gasteiger partial charge in [-0.3, -0.25) is 4.68 Å². The van der Waals surface area contributed by atoms with Crippen LogP contribution in [0.1, 0.15) is 0 Å². The highest BCUT2D eigenvalue weighted by Crippen LogP contribution is 2.33. The number of nitrogens with two attached hydrogens (primary N) is 1. The lowest BCUT2D eigenvalue weighted by Gasteiger charge is -2.09. The fraction of sp³-hybridized carbons (Fsp3) is 0.0833. The highest BCUT2D eigenvalue weighted by molar-refractivity contribution is 6.39. The number of benzene rings is 1. The van der Waals surface area contributed by atoms with Crippen LogP contribution in [0.4, 0.5) is 17.2 Å². The van der Waals surface area contributed by atoms with Gasteiger partial charge in [-0.1, -0.05) is 23.2 Å². The molecule has 6 nitrogen and oxygen atoms in total. The Morgan fingerprint density at radius 2 is 1.90 bits per heavy atom. The molecule has 0 unspecified atom stereocenters. The molecule has 1 aromatic carbocycles. The number of nitrogens with zero attached hydrogens (tertiary/aromatic N) is 4. The molecule has 0 radical (unpaired) electrons. The maximum absolute atomic E-state index is 6.01. The molecular formula is C12H10Cl2N6. The third kappa shape index (κ3) is 2.13. The van der Waals surface area contributed by atoms with Gasteiger partial charge in [0.05, 0.1) is 27.3 Å². The van der Waals surface area contributed by atoms with Crippen molar-refractivity contribution in [2.75, 3.05) is 11.1 Å². The molecule has 3 aromatic rings. The topological polar surface area (TPSA) is 81.7 Å². The minimum atomic E-state index is 0.355. The monoisotopic (exact) mass is 308 g/mol. The zero-order valence-electron chi connectivity index (χ0n) is 10.4. The number of nitrogens with one attached hydrogen (secondary N) is 1. The molecule has 0 aliphatic rings. The van der Waals surface area contributed by atoms with Crippen molar-refractivity contribution in [3.05, 3.63) is 34.7 Å². The highest BCUT2D eigenvalue weighted by Gasteiger charge is 2.10. The lowest BCUT2D eigenvalue weighted by Crippen LogP contribution is -1.98. The molecular weight excluding hydrogens is 299 g/mol. The van der Waals surface area contributed by atoms with Crippen molar-refractivity contribution >= 4 is 51.4 Å². The zero-order valence-corrected chi connectivity index (χ0v) is 11.9. The smallest absolute Gasteiger partial charge is 0.163 e. The van der Waals surface area contributed by atoms with Crippen LogP contribution in [0.2, 0.25) is 10.0 Å². The van der Waals surface area contributed by atoms with E-state index in [1.807, 2.05) is 7.05 Å². The number of hydrogen-bond acceptors (Lipinski definition) is 5. The second-order valence-electron chi connectivity index (χ2n) is 4.21. The number of nitrogen functional groups attached to an aromatic ring is 1. The Hall–Kier alpha value is -2.05. The lowest BCUT2D eigenvalue weighted by molar-refractivity contribution is 0.785. The van der Waals surface area contributed by atoms with Crippen molar-refractivity contribution in [2.45, 2.75) is 0 Å². The molecule has 8 heteroatoms. The second kappa shape index (κ2) is 4.81. The van der Waals surface area contributed by atoms with E-state index in [0.29, 0.717) is 27.2 Å². The average Bonchev–Trinajstić information content (AvgIpc) is 2.79. The van der Waals surface area contributed by atoms with Gasteiger partial charge in [-0.05, 0) is 12.1 Å². The molecule has 2 heterocycles. The number of halogens is 2. The van der Waals surface area contributed by atoms with E-state index < -0.39 is 0 Å². The average molecular weight is 309 g/mol. The summed E-state index contributed by atoms with van der Waals surface area (Å²) in [4.78, 5) is 8.37. The van der Waals surface area contributed by atoms with E-state index in [-0.39, 0.29) is 0 Å². The molecule has 2 aromatic heterocycles. The summed E-state index contributed by atoms with van der Waals surface area (Å²) in [5.74, 6) is 0.625. The predicted molar refractivity (Wildman–Crippen MR) is 80.5 cm³/mol. The van der Waals surface area contributed by atoms with Gasteiger partial charge in [-0.2, -0.15) is 5.10 Å². The molecule has 0 fully saturated rings. The number of rotatable bonds is 2. The number of aromatic nitrogens is 4. The second-order valence-corrected chi connectivity index (χ2v) is 5.02. The first-order valence-electron chi connectivity index (χ1n) is 5.70. The molecule has 3 rings (SSSR count). The Bertz CT molecular complexity index is 775. The van der Waals surface area contributed by atoms with Gasteiger partial charge < -0.3 is 11.1 Å². The molecule has 0 aliphatic carbocycles. The van der Waals surface area contributed by atoms with E-state index in [1.165, 1.54) is 6.33 Å². The predicted octanol–water partition coefficient (Wildman–Crippen LogP) is 3.00. The molecule has 0 saturated carbocycles. The van der Waals surface area contributed by atoms with E-state index in [2.05, 4.69) is 20.4 Å². The Labute approximate surface area is 124 Å². The number of fused-ring (bicyclic) bond motifs is 1. The van der Waals surface area contributed by atoms with Crippen LogP contribution in [0.5, 0.6) is 0 Å². The van der Waals surface area contributed by atoms with E-state index in [4.69, 9.17) is 28.9 Å². The Balaban J connectivity index is 2.05. The molecule has 0 spiro atoms. The van der Waals surface area contributed by atoms with Crippen LogP contribution >= 0.6 is 23.2 Å². The van der Waals surface area contributed by atoms with Gasteiger partial charge in [-0.15, -0.1) is 0 Å². The molecule has 102 valence electrons. The quantitative estimate of drug-likeness (QED) is 0.711. The largest absolute Gasteiger partial charge is 0.396 e. The van der Waals surface area contributed by atoms with Crippen LogP contribution in [0.25, 0.3) is 11.0 Å². The zero-order chi connectivity index (χ0) is 14.3. The van der Waals surface area contributed by atoms with Gasteiger partial charge in [0.15, 0.2) is 5.65 Å². The maximum atomic E-state index is 6.01. The fourth-order valence-corrected chi connectivity index (χ4v) is 2.34. The molecule has 0 bridgehead atoms. The van der Waals surface area contributed by atoms with E-state index in [9.17, 15) is 0 Å². The summed E-state index contributed by atoms with van der Waals surface area (Å²) in [7, 11) is 1.82. The first kappa shape index (κ1) is 13.0. The first-order chi connectivity index (χ1) is 9.56. The van der Waals surface area contributed by atoms with Gasteiger partial charge >= 0.3 is 0 Å². The van der Waals surface area contributed by atoms with Crippen molar-refractivity contribution in [3.8, 4) is 0 Å². The van der Waals surface area contributed by atoms with Crippen molar-refractivity contribution in [3.63, 3.8) is 0 Å². The van der Waals surface area contributed by atoms with Gasteiger partial charge in [0.1, 0.15) is 12.1 Å². The van der Waals surface area contributed by atoms with Crippen molar-refractivity contribution in [1.29, 1.82) is 0 Å². The van der Waals surface area contributed by atoms with Crippen LogP contribution in [-0.2, 0) is 7.05 Å². The molecule has 3 N–H and O–H groups in total. The minimum Gasteiger partial charge on any atom is -0.396 e. The van der Waals surface area contributed by atoms with Crippen molar-refractivity contribution in [2.24, 2.45) is 7.05 Å². The third-order valence-electron chi connectivity index (χ3n) is 2.87. The summed E-state index contributed by atoms with van der Waals surface area (Å²) >= 11 is 12.0. The van der Waals surface area contributed by atoms with Gasteiger partial charge in [0.25, 0.3) is 0 Å². The van der Waals surface area contributed by atoms with E-state index in [0.717, 1.165) is 11.0 Å². The Morgan fingerprint density at radius 1 is 1.20 bits per heavy atom. The Kier molecular flexibility index (Phi) is 3.11. The highest BCUT2D eigenvalue weighted by atomic mass is 35.5. The number of anilines is 3. The lowest BCUT2D eigenvalue weighted by atomic mass is 10.2. The molecule has 0 atom stereocenters. The molecule has 0 saturated heterocycles. The summed E-state index contributed by atoms with van der Waals surface area (Å²) in [6, 6.07) is 3.38. The summed E-state index contributed by atoms with van der Waals surface area (Å²) in [5.41, 5.74) is 7.49. The summed E-state index contributed by atoms with van der Waals surface area (Å²) in [6.45, 7) is 0. The van der Waals surface area contributed by atoms with Crippen LogP contribution in [-0.4, -0.2) is 19.7 Å². The summed E-state index contributed by atoms with van der Waals surface area (Å²) in [6.07, 6.45) is 3.16. The first-order valence-corrected chi connectivity index (χ1v) is 6.46. The van der Waals surface area contributed by atoms with Gasteiger partial charge in [0.2, 0.25) is 0 Å². The molecule has 0 amide bonds. The molecule has 20 heavy (non-hydrogen) atoms. The maximum Gasteiger partial charge on any atom is 0.163 e. The third-order valence-corrected chi connectivity index (χ3v) is 3.50. The number of aryl methyl sites for hydroxylation is 1. The minimum absolute atomic E-state index is 0.355. The van der Waals surface area contributed by atoms with Crippen molar-refractivity contribution < 1.29 is 0 Å². The van der Waals surface area contributed by atoms with E-state index >= 15 is 0 Å². The SMILES string of the molecule is Cn1ncc2c(Nc3cc(Cl)c(N)c(Cl)c3)ncnc21. The van der Waals surface area contributed by atoms with Crippen LogP contribution in [0.15, 0.2) is 24.7 Å². The molecule has 0 aliphatic heterocycles. The Morgan fingerprint density at radius 3 is 2.60 bits per heavy atom. The van der Waals surface area contributed by atoms with Gasteiger partial charge in [0, 0.05) is 12.7 Å². The number of hydrogen-bond donors (Lipinski definition) is 2. The van der Waals surface area contributed by atoms with Crippen LogP contribution in [0, 0.1) is 0 Å².